The lowest BCUT2D eigenvalue weighted by molar-refractivity contribution is 0.410. The summed E-state index contributed by atoms with van der Waals surface area (Å²) >= 11 is 0. The number of para-hydroxylation sites is 1. The topological polar surface area (TPSA) is 65.5 Å². The van der Waals surface area contributed by atoms with Crippen molar-refractivity contribution in [1.29, 1.82) is 0 Å². The van der Waals surface area contributed by atoms with E-state index in [4.69, 9.17) is 8.92 Å². The Balaban J connectivity index is 2.09. The Hall–Kier alpha value is -2.60. The largest absolute Gasteiger partial charge is 0.496 e. The molecule has 25 heavy (non-hydrogen) atoms. The zero-order valence-electron chi connectivity index (χ0n) is 14.5. The van der Waals surface area contributed by atoms with Gasteiger partial charge in [-0.3, -0.25) is 0 Å². The molecule has 2 aromatic carbocycles. The third-order valence-corrected chi connectivity index (χ3v) is 5.58. The third kappa shape index (κ3) is 3.17. The quantitative estimate of drug-likeness (QED) is 0.662. The summed E-state index contributed by atoms with van der Waals surface area (Å²) in [5.74, 6) is 0.855. The molecule has 0 saturated heterocycles. The summed E-state index contributed by atoms with van der Waals surface area (Å²) in [5, 5.41) is 0.820. The average Bonchev–Trinajstić information content (AvgIpc) is 2.57. The highest BCUT2D eigenvalue weighted by Crippen LogP contribution is 2.31. The molecule has 5 nitrogen and oxygen atoms in total. The van der Waals surface area contributed by atoms with E-state index in [2.05, 4.69) is 4.98 Å². The van der Waals surface area contributed by atoms with Gasteiger partial charge in [-0.2, -0.15) is 8.42 Å². The van der Waals surface area contributed by atoms with Crippen LogP contribution in [0, 0.1) is 20.8 Å². The van der Waals surface area contributed by atoms with Crippen molar-refractivity contribution in [1.82, 2.24) is 4.98 Å². The van der Waals surface area contributed by atoms with E-state index in [-0.39, 0.29) is 10.6 Å². The lowest BCUT2D eigenvalue weighted by Crippen LogP contribution is -2.12. The molecule has 1 heterocycles. The fraction of sp³-hybridized carbons (Fsp3) is 0.211. The molecule has 0 unspecified atom stereocenters. The van der Waals surface area contributed by atoms with Gasteiger partial charge in [0.1, 0.15) is 16.2 Å². The van der Waals surface area contributed by atoms with Gasteiger partial charge in [-0.05, 0) is 56.2 Å². The van der Waals surface area contributed by atoms with E-state index in [9.17, 15) is 8.42 Å². The monoisotopic (exact) mass is 357 g/mol. The van der Waals surface area contributed by atoms with Gasteiger partial charge in [-0.25, -0.2) is 4.98 Å². The molecule has 0 fully saturated rings. The first kappa shape index (κ1) is 17.2. The van der Waals surface area contributed by atoms with Crippen molar-refractivity contribution in [3.8, 4) is 11.5 Å². The van der Waals surface area contributed by atoms with Gasteiger partial charge in [0.15, 0.2) is 5.75 Å². The second-order valence-electron chi connectivity index (χ2n) is 5.83. The van der Waals surface area contributed by atoms with Crippen molar-refractivity contribution in [3.05, 3.63) is 59.3 Å². The fourth-order valence-corrected chi connectivity index (χ4v) is 3.93. The molecule has 0 aliphatic rings. The summed E-state index contributed by atoms with van der Waals surface area (Å²) in [4.78, 5) is 4.53. The highest BCUT2D eigenvalue weighted by molar-refractivity contribution is 7.87. The van der Waals surface area contributed by atoms with E-state index in [1.54, 1.807) is 32.2 Å². The van der Waals surface area contributed by atoms with Gasteiger partial charge in [0.05, 0.1) is 7.11 Å². The maximum atomic E-state index is 12.8. The zero-order chi connectivity index (χ0) is 18.2. The maximum Gasteiger partial charge on any atom is 0.339 e. The van der Waals surface area contributed by atoms with Crippen LogP contribution in [0.4, 0.5) is 0 Å². The molecule has 1 aromatic heterocycles. The van der Waals surface area contributed by atoms with Crippen molar-refractivity contribution in [3.63, 3.8) is 0 Å². The third-order valence-electron chi connectivity index (χ3n) is 4.20. The molecular formula is C19H19NO4S. The van der Waals surface area contributed by atoms with Crippen LogP contribution in [-0.4, -0.2) is 20.5 Å². The Labute approximate surface area is 147 Å². The smallest absolute Gasteiger partial charge is 0.339 e. The van der Waals surface area contributed by atoms with Crippen molar-refractivity contribution in [2.45, 2.75) is 25.7 Å². The number of aromatic nitrogens is 1. The van der Waals surface area contributed by atoms with E-state index in [1.165, 1.54) is 6.07 Å². The molecule has 0 radical (unpaired) electrons. The molecule has 6 heteroatoms. The summed E-state index contributed by atoms with van der Waals surface area (Å²) in [6, 6.07) is 12.1. The van der Waals surface area contributed by atoms with Crippen LogP contribution in [-0.2, 0) is 10.1 Å². The van der Waals surface area contributed by atoms with Crippen molar-refractivity contribution >= 4 is 21.0 Å². The molecule has 0 amide bonds. The van der Waals surface area contributed by atoms with Crippen LogP contribution in [0.2, 0.25) is 0 Å². The summed E-state index contributed by atoms with van der Waals surface area (Å²) in [7, 11) is -2.44. The Morgan fingerprint density at radius 2 is 1.64 bits per heavy atom. The van der Waals surface area contributed by atoms with E-state index >= 15 is 0 Å². The SMILES string of the molecule is COc1ccc(S(=O)(=O)Oc2cccc3ccc(C)nc23)c(C)c1C. The number of benzene rings is 2. The Kier molecular flexibility index (Phi) is 4.39. The van der Waals surface area contributed by atoms with Crippen LogP contribution in [0.3, 0.4) is 0 Å². The maximum absolute atomic E-state index is 12.8. The fourth-order valence-electron chi connectivity index (χ4n) is 2.71. The van der Waals surface area contributed by atoms with Crippen molar-refractivity contribution < 1.29 is 17.3 Å². The molecule has 0 N–H and O–H groups in total. The number of hydrogen-bond donors (Lipinski definition) is 0. The van der Waals surface area contributed by atoms with E-state index < -0.39 is 10.1 Å². The van der Waals surface area contributed by atoms with Gasteiger partial charge in [-0.1, -0.05) is 18.2 Å². The predicted molar refractivity (Wildman–Crippen MR) is 96.8 cm³/mol. The number of methoxy groups -OCH3 is 1. The first-order valence-electron chi connectivity index (χ1n) is 7.78. The molecular weight excluding hydrogens is 338 g/mol. The number of ether oxygens (including phenoxy) is 1. The molecule has 3 rings (SSSR count). The summed E-state index contributed by atoms with van der Waals surface area (Å²) < 4.78 is 36.3. The van der Waals surface area contributed by atoms with Gasteiger partial charge >= 0.3 is 10.1 Å². The van der Waals surface area contributed by atoms with Crippen LogP contribution >= 0.6 is 0 Å². The number of aryl methyl sites for hydroxylation is 1. The van der Waals surface area contributed by atoms with Gasteiger partial charge < -0.3 is 8.92 Å². The van der Waals surface area contributed by atoms with Gasteiger partial charge in [0, 0.05) is 11.1 Å². The van der Waals surface area contributed by atoms with Gasteiger partial charge in [0.25, 0.3) is 0 Å². The molecule has 0 aliphatic carbocycles. The normalized spacial score (nSPS) is 11.5. The number of pyridine rings is 1. The van der Waals surface area contributed by atoms with Crippen molar-refractivity contribution in [2.24, 2.45) is 0 Å². The first-order chi connectivity index (χ1) is 11.8. The molecule has 0 atom stereocenters. The second kappa shape index (κ2) is 6.37. The molecule has 0 saturated carbocycles. The molecule has 3 aromatic rings. The molecule has 130 valence electrons. The number of nitrogens with zero attached hydrogens (tertiary/aromatic N) is 1. The van der Waals surface area contributed by atoms with Crippen molar-refractivity contribution in [2.75, 3.05) is 7.11 Å². The number of rotatable bonds is 4. The van der Waals surface area contributed by atoms with E-state index in [1.807, 2.05) is 32.0 Å². The van der Waals surface area contributed by atoms with Gasteiger partial charge in [-0.15, -0.1) is 0 Å². The van der Waals surface area contributed by atoms with Crippen LogP contribution in [0.5, 0.6) is 11.5 Å². The lowest BCUT2D eigenvalue weighted by Gasteiger charge is -2.14. The molecule has 0 aliphatic heterocycles. The minimum absolute atomic E-state index is 0.121. The first-order valence-corrected chi connectivity index (χ1v) is 9.19. The van der Waals surface area contributed by atoms with E-state index in [0.29, 0.717) is 16.8 Å². The summed E-state index contributed by atoms with van der Waals surface area (Å²) in [6.07, 6.45) is 0. The van der Waals surface area contributed by atoms with Crippen LogP contribution in [0.15, 0.2) is 47.4 Å². The lowest BCUT2D eigenvalue weighted by atomic mass is 10.1. The van der Waals surface area contributed by atoms with Crippen LogP contribution < -0.4 is 8.92 Å². The van der Waals surface area contributed by atoms with Crippen LogP contribution in [0.1, 0.15) is 16.8 Å². The van der Waals surface area contributed by atoms with Gasteiger partial charge in [0.2, 0.25) is 0 Å². The highest BCUT2D eigenvalue weighted by atomic mass is 32.2. The number of hydrogen-bond acceptors (Lipinski definition) is 5. The zero-order valence-corrected chi connectivity index (χ0v) is 15.3. The molecule has 0 bridgehead atoms. The Bertz CT molecular complexity index is 1060. The second-order valence-corrected chi connectivity index (χ2v) is 7.35. The Morgan fingerprint density at radius 1 is 0.880 bits per heavy atom. The summed E-state index contributed by atoms with van der Waals surface area (Å²) in [6.45, 7) is 5.40. The van der Waals surface area contributed by atoms with E-state index in [0.717, 1.165) is 16.6 Å². The molecule has 0 spiro atoms. The summed E-state index contributed by atoms with van der Waals surface area (Å²) in [5.41, 5.74) is 2.68. The minimum atomic E-state index is -3.99. The minimum Gasteiger partial charge on any atom is -0.496 e. The Morgan fingerprint density at radius 3 is 2.36 bits per heavy atom. The van der Waals surface area contributed by atoms with Crippen LogP contribution in [0.25, 0.3) is 10.9 Å². The average molecular weight is 357 g/mol. The predicted octanol–water partition coefficient (Wildman–Crippen LogP) is 3.94. The standard InChI is InChI=1S/C19H19NO4S/c1-12-8-9-15-6-5-7-17(19(15)20-12)24-25(21,22)18-11-10-16(23-4)13(2)14(18)3/h5-11H,1-4H3. The highest BCUT2D eigenvalue weighted by Gasteiger charge is 2.23. The number of fused-ring (bicyclic) bond motifs is 1.